The maximum absolute atomic E-state index is 4.93. The van der Waals surface area contributed by atoms with Crippen LogP contribution in [0.2, 0.25) is 13.1 Å². The first kappa shape index (κ1) is 40.5. The molecular weight excluding hydrogens is 719 g/mol. The molecule has 0 aliphatic heterocycles. The normalized spacial score (nSPS) is 15.2. The predicted molar refractivity (Wildman–Crippen MR) is 216 cm³/mol. The van der Waals surface area contributed by atoms with E-state index in [0.29, 0.717) is 5.54 Å². The van der Waals surface area contributed by atoms with Crippen LogP contribution in [0.25, 0.3) is 33.5 Å². The third-order valence-corrected chi connectivity index (χ3v) is 14.3. The minimum absolute atomic E-state index is 0. The first-order chi connectivity index (χ1) is 21.6. The van der Waals surface area contributed by atoms with Crippen LogP contribution in [0.15, 0.2) is 96.1 Å². The molecule has 0 N–H and O–H groups in total. The number of halogens is 2. The Morgan fingerprint density at radius 1 is 0.646 bits per heavy atom. The fourth-order valence-corrected chi connectivity index (χ4v) is 12.6. The topological polar surface area (TPSA) is 0 Å². The second-order valence-corrected chi connectivity index (χ2v) is 24.0. The van der Waals surface area contributed by atoms with Crippen molar-refractivity contribution in [3.05, 3.63) is 144 Å². The quantitative estimate of drug-likeness (QED) is 0.143. The average molecular weight is 773 g/mol. The van der Waals surface area contributed by atoms with Gasteiger partial charge in [0.05, 0.1) is 8.07 Å². The number of allylic oxidation sites excluding steroid dienone is 2. The molecule has 1 atom stereocenters. The SMILES string of the molecule is CC1=Cc2c(-c3ccc(C(C)(C)C)cc3)cccc2C1[Si](C)(C)C1=C(C)Cc2c1cccc2-c1ccc(C(C)(C)C)cc1.[CH3-].[CH3-].[Cl][Zr+2][Cl]. The van der Waals surface area contributed by atoms with E-state index in [1.165, 1.54) is 61.2 Å². The zero-order valence-electron chi connectivity index (χ0n) is 31.2. The summed E-state index contributed by atoms with van der Waals surface area (Å²) >= 11 is -0.826. The van der Waals surface area contributed by atoms with Crippen molar-refractivity contribution in [1.82, 2.24) is 0 Å². The van der Waals surface area contributed by atoms with Gasteiger partial charge in [0.2, 0.25) is 0 Å². The molecule has 0 aromatic heterocycles. The van der Waals surface area contributed by atoms with E-state index in [-0.39, 0.29) is 25.7 Å². The van der Waals surface area contributed by atoms with Crippen molar-refractivity contribution in [2.75, 3.05) is 0 Å². The van der Waals surface area contributed by atoms with Crippen molar-refractivity contribution >= 4 is 36.4 Å². The molecule has 0 heterocycles. The van der Waals surface area contributed by atoms with E-state index in [2.05, 4.69) is 159 Å². The molecule has 0 saturated carbocycles. The van der Waals surface area contributed by atoms with Gasteiger partial charge in [0.25, 0.3) is 0 Å². The van der Waals surface area contributed by atoms with Gasteiger partial charge in [0.15, 0.2) is 0 Å². The van der Waals surface area contributed by atoms with Gasteiger partial charge in [-0.15, -0.1) is 0 Å². The molecule has 0 nitrogen and oxygen atoms in total. The van der Waals surface area contributed by atoms with Crippen LogP contribution in [0.1, 0.15) is 94.3 Å². The number of fused-ring (bicyclic) bond motifs is 2. The van der Waals surface area contributed by atoms with E-state index in [0.717, 1.165) is 6.42 Å². The van der Waals surface area contributed by atoms with Crippen LogP contribution in [0.5, 0.6) is 0 Å². The van der Waals surface area contributed by atoms with Gasteiger partial charge < -0.3 is 14.9 Å². The van der Waals surface area contributed by atoms with Gasteiger partial charge in [-0.3, -0.25) is 0 Å². The molecule has 4 heteroatoms. The Balaban J connectivity index is 0.00000121. The Hall–Kier alpha value is -1.96. The maximum atomic E-state index is 4.93. The summed E-state index contributed by atoms with van der Waals surface area (Å²) in [6.07, 6.45) is 3.56. The van der Waals surface area contributed by atoms with Crippen molar-refractivity contribution in [2.45, 2.75) is 91.3 Å². The van der Waals surface area contributed by atoms with E-state index >= 15 is 0 Å². The molecule has 1 unspecified atom stereocenters. The van der Waals surface area contributed by atoms with Crippen LogP contribution >= 0.6 is 17.0 Å². The molecule has 0 spiro atoms. The van der Waals surface area contributed by atoms with E-state index in [4.69, 9.17) is 17.0 Å². The Bertz CT molecular complexity index is 1800. The van der Waals surface area contributed by atoms with Gasteiger partial charge in [-0.25, -0.2) is 0 Å². The molecule has 6 rings (SSSR count). The zero-order valence-corrected chi connectivity index (χ0v) is 36.2. The van der Waals surface area contributed by atoms with Gasteiger partial charge >= 0.3 is 37.9 Å². The van der Waals surface area contributed by atoms with Crippen molar-refractivity contribution in [3.63, 3.8) is 0 Å². The molecule has 4 aromatic rings. The second-order valence-electron chi connectivity index (χ2n) is 15.7. The molecule has 0 radical (unpaired) electrons. The Kier molecular flexibility index (Phi) is 13.1. The molecule has 2 aliphatic rings. The molecule has 0 fully saturated rings. The summed E-state index contributed by atoms with van der Waals surface area (Å²) < 4.78 is 0. The molecule has 0 amide bonds. The Morgan fingerprint density at radius 3 is 1.58 bits per heavy atom. The van der Waals surface area contributed by atoms with E-state index in [1.54, 1.807) is 10.8 Å². The summed E-state index contributed by atoms with van der Waals surface area (Å²) in [5.41, 5.74) is 18.1. The Labute approximate surface area is 312 Å². The van der Waals surface area contributed by atoms with E-state index < -0.39 is 28.9 Å². The van der Waals surface area contributed by atoms with E-state index in [1.807, 2.05) is 0 Å². The summed E-state index contributed by atoms with van der Waals surface area (Å²) in [7, 11) is 7.90. The third-order valence-electron chi connectivity index (χ3n) is 10.1. The molecule has 0 saturated heterocycles. The summed E-state index contributed by atoms with van der Waals surface area (Å²) in [4.78, 5) is 0. The fourth-order valence-electron chi connectivity index (χ4n) is 7.97. The summed E-state index contributed by atoms with van der Waals surface area (Å²) in [6.45, 7) is 23.7. The van der Waals surface area contributed by atoms with Crippen LogP contribution in [0, 0.1) is 14.9 Å². The molecule has 252 valence electrons. The van der Waals surface area contributed by atoms with Gasteiger partial charge in [-0.2, -0.15) is 0 Å². The monoisotopic (exact) mass is 770 g/mol. The minimum atomic E-state index is -1.97. The van der Waals surface area contributed by atoms with E-state index in [9.17, 15) is 0 Å². The van der Waals surface area contributed by atoms with Crippen LogP contribution in [-0.2, 0) is 38.1 Å². The van der Waals surface area contributed by atoms with Gasteiger partial charge in [-0.1, -0.05) is 162 Å². The summed E-state index contributed by atoms with van der Waals surface area (Å²) in [5, 5.41) is 1.67. The van der Waals surface area contributed by atoms with Crippen molar-refractivity contribution in [3.8, 4) is 22.3 Å². The Morgan fingerprint density at radius 2 is 1.08 bits per heavy atom. The summed E-state index contributed by atoms with van der Waals surface area (Å²) in [6, 6.07) is 32.6. The van der Waals surface area contributed by atoms with Gasteiger partial charge in [-0.05, 0) is 86.7 Å². The average Bonchev–Trinajstić information content (AvgIpc) is 3.53. The van der Waals surface area contributed by atoms with Crippen molar-refractivity contribution < 1.29 is 20.8 Å². The number of rotatable bonds is 4. The number of hydrogen-bond acceptors (Lipinski definition) is 0. The first-order valence-corrected chi connectivity index (χ1v) is 25.8. The molecule has 2 aliphatic carbocycles. The molecular formula is C44H54Cl2SiZr. The van der Waals surface area contributed by atoms with Crippen LogP contribution in [0.3, 0.4) is 0 Å². The summed E-state index contributed by atoms with van der Waals surface area (Å²) in [5.74, 6) is 0. The standard InChI is InChI=1S/C42H48Si.2CH3.2ClH.Zr/c1-27-25-37-33(29-17-21-31(22-18-29)41(3,4)5)13-11-15-35(37)39(27)43(9,10)40-28(2)26-38-34(14-12-16-36(38)40)30-19-23-32(24-20-30)42(6,7)8;;;;;/h11-25,39H,26H2,1-10H3;2*1H3;2*1H;/q;2*-1;;;+4/p-2. The van der Waals surface area contributed by atoms with Crippen LogP contribution < -0.4 is 0 Å². The third kappa shape index (κ3) is 7.84. The van der Waals surface area contributed by atoms with Gasteiger partial charge in [0.1, 0.15) is 0 Å². The van der Waals surface area contributed by atoms with Crippen molar-refractivity contribution in [2.24, 2.45) is 0 Å². The number of benzene rings is 4. The second kappa shape index (κ2) is 15.5. The number of hydrogen-bond donors (Lipinski definition) is 0. The van der Waals surface area contributed by atoms with Crippen LogP contribution in [0.4, 0.5) is 0 Å². The predicted octanol–water partition coefficient (Wildman–Crippen LogP) is 14.2. The zero-order chi connectivity index (χ0) is 33.6. The molecule has 48 heavy (non-hydrogen) atoms. The fraction of sp³-hybridized carbons (Fsp3) is 0.318. The first-order valence-electron chi connectivity index (χ1n) is 16.4. The van der Waals surface area contributed by atoms with Crippen molar-refractivity contribution in [1.29, 1.82) is 0 Å². The van der Waals surface area contributed by atoms with Gasteiger partial charge in [0, 0.05) is 5.54 Å². The molecule has 0 bridgehead atoms. The molecule has 4 aromatic carbocycles. The van der Waals surface area contributed by atoms with Crippen LogP contribution in [-0.4, -0.2) is 8.07 Å².